The number of fused-ring (bicyclic) bond motifs is 1. The van der Waals surface area contributed by atoms with Gasteiger partial charge in [0.2, 0.25) is 0 Å². The Balaban J connectivity index is 1.33. The van der Waals surface area contributed by atoms with Gasteiger partial charge in [-0.1, -0.05) is 66.7 Å². The van der Waals surface area contributed by atoms with Gasteiger partial charge >= 0.3 is 0 Å². The number of hydrogen-bond donors (Lipinski definition) is 1. The van der Waals surface area contributed by atoms with E-state index in [1.165, 1.54) is 17.5 Å². The molecule has 162 valence electrons. The Morgan fingerprint density at radius 3 is 2.35 bits per heavy atom. The van der Waals surface area contributed by atoms with Crippen molar-refractivity contribution in [2.75, 3.05) is 13.1 Å². The number of aliphatic hydroxyl groups excluding tert-OH is 1. The predicted molar refractivity (Wildman–Crippen MR) is 126 cm³/mol. The van der Waals surface area contributed by atoms with Crippen molar-refractivity contribution in [2.45, 2.75) is 51.4 Å². The van der Waals surface area contributed by atoms with Gasteiger partial charge in [-0.2, -0.15) is 0 Å². The van der Waals surface area contributed by atoms with Crippen molar-refractivity contribution in [1.82, 2.24) is 4.90 Å². The van der Waals surface area contributed by atoms with E-state index in [1.807, 2.05) is 24.3 Å². The van der Waals surface area contributed by atoms with E-state index >= 15 is 0 Å². The Labute approximate surface area is 186 Å². The second-order valence-electron chi connectivity index (χ2n) is 8.55. The van der Waals surface area contributed by atoms with Crippen LogP contribution in [0.25, 0.3) is 0 Å². The summed E-state index contributed by atoms with van der Waals surface area (Å²) in [5, 5.41) is 11.0. The maximum absolute atomic E-state index is 11.0. The quantitative estimate of drug-likeness (QED) is 0.488. The van der Waals surface area contributed by atoms with Gasteiger partial charge in [-0.3, -0.25) is 4.90 Å². The number of hydrogen-bond acceptors (Lipinski definition) is 3. The van der Waals surface area contributed by atoms with Gasteiger partial charge in [0.1, 0.15) is 12.4 Å². The molecular formula is C28H33NO2. The first-order valence-corrected chi connectivity index (χ1v) is 11.5. The van der Waals surface area contributed by atoms with Gasteiger partial charge in [-0.05, 0) is 73.5 Å². The van der Waals surface area contributed by atoms with Crippen LogP contribution in [0.1, 0.15) is 48.1 Å². The topological polar surface area (TPSA) is 32.7 Å². The Morgan fingerprint density at radius 2 is 1.61 bits per heavy atom. The van der Waals surface area contributed by atoms with Crippen LogP contribution < -0.4 is 4.74 Å². The molecule has 1 aliphatic heterocycles. The van der Waals surface area contributed by atoms with E-state index < -0.39 is 6.10 Å². The third kappa shape index (κ3) is 5.75. The van der Waals surface area contributed by atoms with Crippen molar-refractivity contribution in [3.63, 3.8) is 0 Å². The number of aliphatic hydroxyl groups is 1. The smallest absolute Gasteiger partial charge is 0.120 e. The molecule has 0 amide bonds. The number of unbranched alkanes of at least 4 members (excludes halogenated alkanes) is 1. The van der Waals surface area contributed by atoms with Crippen LogP contribution in [0.15, 0.2) is 78.9 Å². The molecule has 0 spiro atoms. The number of benzene rings is 3. The Hall–Kier alpha value is -2.62. The van der Waals surface area contributed by atoms with Crippen molar-refractivity contribution >= 4 is 0 Å². The molecule has 0 bridgehead atoms. The minimum absolute atomic E-state index is 0.120. The SMILES string of the molecule is CC1C(O)c2ccc(OCc3ccccc3)cc2CCN1CCCCc1ccccc1. The molecule has 0 aromatic heterocycles. The van der Waals surface area contributed by atoms with E-state index in [0.29, 0.717) is 6.61 Å². The Bertz CT molecular complexity index is 942. The normalized spacial score (nSPS) is 18.9. The zero-order valence-corrected chi connectivity index (χ0v) is 18.4. The first-order valence-electron chi connectivity index (χ1n) is 11.5. The lowest BCUT2D eigenvalue weighted by Gasteiger charge is -2.30. The molecule has 0 fully saturated rings. The van der Waals surface area contributed by atoms with Crippen molar-refractivity contribution in [2.24, 2.45) is 0 Å². The number of nitrogens with zero attached hydrogens (tertiary/aromatic N) is 1. The summed E-state index contributed by atoms with van der Waals surface area (Å²) in [4.78, 5) is 2.44. The molecule has 2 unspecified atom stereocenters. The molecule has 3 nitrogen and oxygen atoms in total. The van der Waals surface area contributed by atoms with Crippen molar-refractivity contribution in [3.05, 3.63) is 101 Å². The summed E-state index contributed by atoms with van der Waals surface area (Å²) in [6.07, 6.45) is 3.92. The van der Waals surface area contributed by atoms with Crippen LogP contribution >= 0.6 is 0 Å². The highest BCUT2D eigenvalue weighted by atomic mass is 16.5. The van der Waals surface area contributed by atoms with Gasteiger partial charge in [0.15, 0.2) is 0 Å². The summed E-state index contributed by atoms with van der Waals surface area (Å²) >= 11 is 0. The second kappa shape index (κ2) is 10.6. The van der Waals surface area contributed by atoms with Crippen molar-refractivity contribution < 1.29 is 9.84 Å². The van der Waals surface area contributed by atoms with Crippen LogP contribution in [0, 0.1) is 0 Å². The van der Waals surface area contributed by atoms with Gasteiger partial charge in [-0.25, -0.2) is 0 Å². The van der Waals surface area contributed by atoms with Crippen molar-refractivity contribution in [3.8, 4) is 5.75 Å². The fourth-order valence-electron chi connectivity index (χ4n) is 4.45. The first-order chi connectivity index (χ1) is 15.2. The number of rotatable bonds is 8. The summed E-state index contributed by atoms with van der Waals surface area (Å²) in [5.41, 5.74) is 4.82. The predicted octanol–water partition coefficient (Wildman–Crippen LogP) is 5.57. The monoisotopic (exact) mass is 415 g/mol. The lowest BCUT2D eigenvalue weighted by atomic mass is 9.98. The summed E-state index contributed by atoms with van der Waals surface area (Å²) < 4.78 is 6.01. The van der Waals surface area contributed by atoms with Crippen LogP contribution in [0.4, 0.5) is 0 Å². The van der Waals surface area contributed by atoms with E-state index in [4.69, 9.17) is 4.74 Å². The van der Waals surface area contributed by atoms with Crippen LogP contribution in [0.2, 0.25) is 0 Å². The first kappa shape index (κ1) is 21.6. The molecule has 3 aromatic rings. The maximum atomic E-state index is 11.0. The largest absolute Gasteiger partial charge is 0.489 e. The molecule has 0 saturated heterocycles. The fraction of sp³-hybridized carbons (Fsp3) is 0.357. The van der Waals surface area contributed by atoms with Gasteiger partial charge < -0.3 is 9.84 Å². The summed E-state index contributed by atoms with van der Waals surface area (Å²) in [6.45, 7) is 4.71. The van der Waals surface area contributed by atoms with Gasteiger partial charge in [0.05, 0.1) is 6.10 Å². The average Bonchev–Trinajstić information content (AvgIpc) is 2.93. The van der Waals surface area contributed by atoms with Crippen LogP contribution in [0.3, 0.4) is 0 Å². The van der Waals surface area contributed by atoms with Crippen molar-refractivity contribution in [1.29, 1.82) is 0 Å². The van der Waals surface area contributed by atoms with Gasteiger partial charge in [0.25, 0.3) is 0 Å². The van der Waals surface area contributed by atoms with Gasteiger partial charge in [-0.15, -0.1) is 0 Å². The summed E-state index contributed by atoms with van der Waals surface area (Å²) in [7, 11) is 0. The molecule has 4 rings (SSSR count). The maximum Gasteiger partial charge on any atom is 0.120 e. The highest BCUT2D eigenvalue weighted by Crippen LogP contribution is 2.31. The molecule has 1 heterocycles. The molecule has 0 saturated carbocycles. The van der Waals surface area contributed by atoms with E-state index in [-0.39, 0.29) is 6.04 Å². The lowest BCUT2D eigenvalue weighted by molar-refractivity contribution is 0.0635. The zero-order chi connectivity index (χ0) is 21.5. The number of aryl methyl sites for hydroxylation is 1. The Kier molecular flexibility index (Phi) is 7.39. The lowest BCUT2D eigenvalue weighted by Crippen LogP contribution is -2.37. The third-order valence-corrected chi connectivity index (χ3v) is 6.39. The van der Waals surface area contributed by atoms with E-state index in [9.17, 15) is 5.11 Å². The highest BCUT2D eigenvalue weighted by molar-refractivity contribution is 5.38. The number of ether oxygens (including phenoxy) is 1. The zero-order valence-electron chi connectivity index (χ0n) is 18.4. The average molecular weight is 416 g/mol. The molecule has 3 aromatic carbocycles. The molecule has 0 aliphatic carbocycles. The molecule has 3 heteroatoms. The molecule has 1 aliphatic rings. The van der Waals surface area contributed by atoms with Crippen LogP contribution in [-0.2, 0) is 19.4 Å². The van der Waals surface area contributed by atoms with E-state index in [0.717, 1.165) is 49.2 Å². The minimum Gasteiger partial charge on any atom is -0.489 e. The Morgan fingerprint density at radius 1 is 0.903 bits per heavy atom. The van der Waals surface area contributed by atoms with Gasteiger partial charge in [0, 0.05) is 12.6 Å². The molecule has 2 atom stereocenters. The van der Waals surface area contributed by atoms with Crippen LogP contribution in [-0.4, -0.2) is 29.1 Å². The van der Waals surface area contributed by atoms with Crippen LogP contribution in [0.5, 0.6) is 5.75 Å². The standard InChI is InChI=1S/C28H33NO2/c1-22-28(30)27-16-15-26(31-21-24-13-6-3-7-14-24)20-25(27)17-19-29(22)18-9-8-12-23-10-4-2-5-11-23/h2-7,10-11,13-16,20,22,28,30H,8-9,12,17-19,21H2,1H3. The summed E-state index contributed by atoms with van der Waals surface area (Å²) in [6, 6.07) is 27.2. The summed E-state index contributed by atoms with van der Waals surface area (Å²) in [5.74, 6) is 0.874. The van der Waals surface area contributed by atoms with E-state index in [2.05, 4.69) is 66.4 Å². The minimum atomic E-state index is -0.463. The molecular weight excluding hydrogens is 382 g/mol. The fourth-order valence-corrected chi connectivity index (χ4v) is 4.45. The third-order valence-electron chi connectivity index (χ3n) is 6.39. The molecule has 0 radical (unpaired) electrons. The highest BCUT2D eigenvalue weighted by Gasteiger charge is 2.28. The van der Waals surface area contributed by atoms with E-state index in [1.54, 1.807) is 0 Å². The molecule has 1 N–H and O–H groups in total. The second-order valence-corrected chi connectivity index (χ2v) is 8.55. The molecule has 31 heavy (non-hydrogen) atoms.